The second-order valence-corrected chi connectivity index (χ2v) is 8.17. The molecule has 3 rings (SSSR count). The van der Waals surface area contributed by atoms with Gasteiger partial charge in [-0.15, -0.1) is 5.10 Å². The zero-order valence-electron chi connectivity index (χ0n) is 16.8. The summed E-state index contributed by atoms with van der Waals surface area (Å²) in [5.41, 5.74) is 8.58. The maximum Gasteiger partial charge on any atom is 0.180 e. The minimum Gasteiger partial charge on any atom is -0.493 e. The molecule has 5 nitrogen and oxygen atoms in total. The molecule has 0 saturated heterocycles. The van der Waals surface area contributed by atoms with Gasteiger partial charge < -0.3 is 15.2 Å². The highest BCUT2D eigenvalue weighted by molar-refractivity contribution is 8.13. The molecule has 0 atom stereocenters. The number of benzene rings is 3. The topological polar surface area (TPSA) is 69.2 Å². The van der Waals surface area contributed by atoms with Crippen LogP contribution in [-0.4, -0.2) is 18.5 Å². The highest BCUT2D eigenvalue weighted by Crippen LogP contribution is 2.33. The third kappa shape index (κ3) is 6.92. The number of halogens is 2. The van der Waals surface area contributed by atoms with Crippen molar-refractivity contribution in [2.24, 2.45) is 15.9 Å². The lowest BCUT2D eigenvalue weighted by atomic mass is 10.2. The summed E-state index contributed by atoms with van der Waals surface area (Å²) in [6.07, 6.45) is 1.53. The molecule has 0 fully saturated rings. The second-order valence-electron chi connectivity index (χ2n) is 6.36. The van der Waals surface area contributed by atoms with E-state index in [1.54, 1.807) is 19.2 Å². The van der Waals surface area contributed by atoms with Crippen LogP contribution in [0, 0.1) is 0 Å². The molecule has 8 heteroatoms. The fraction of sp³-hybridized carbons (Fsp3) is 0.130. The summed E-state index contributed by atoms with van der Waals surface area (Å²) in [7, 11) is 1.56. The fourth-order valence-electron chi connectivity index (χ4n) is 2.60. The molecule has 0 saturated carbocycles. The lowest BCUT2D eigenvalue weighted by Gasteiger charge is -2.13. The highest BCUT2D eigenvalue weighted by atomic mass is 35.5. The van der Waals surface area contributed by atoms with Crippen LogP contribution in [0.15, 0.2) is 76.9 Å². The molecular formula is C23H21Cl2N3O2S. The Balaban J connectivity index is 1.65. The van der Waals surface area contributed by atoms with Gasteiger partial charge in [-0.3, -0.25) is 0 Å². The normalized spacial score (nSPS) is 11.6. The predicted octanol–water partition coefficient (Wildman–Crippen LogP) is 6.16. The van der Waals surface area contributed by atoms with Gasteiger partial charge in [0.2, 0.25) is 0 Å². The molecule has 3 aromatic carbocycles. The number of nitrogens with two attached hydrogens (primary N) is 1. The SMILES string of the molecule is COc1cc(C=NN=C(N)SCc2ccccc2)c(Cl)cc1OCc1ccccc1Cl. The van der Waals surface area contributed by atoms with Crippen molar-refractivity contribution in [3.05, 3.63) is 93.5 Å². The Morgan fingerprint density at radius 2 is 1.74 bits per heavy atom. The first-order chi connectivity index (χ1) is 15.1. The zero-order valence-corrected chi connectivity index (χ0v) is 19.1. The molecule has 0 amide bonds. The summed E-state index contributed by atoms with van der Waals surface area (Å²) in [5, 5.41) is 9.51. The summed E-state index contributed by atoms with van der Waals surface area (Å²) in [6, 6.07) is 20.9. The number of thioether (sulfide) groups is 1. The number of rotatable bonds is 8. The van der Waals surface area contributed by atoms with E-state index >= 15 is 0 Å². The lowest BCUT2D eigenvalue weighted by Crippen LogP contribution is -2.06. The maximum atomic E-state index is 6.39. The van der Waals surface area contributed by atoms with E-state index in [0.717, 1.165) is 16.9 Å². The van der Waals surface area contributed by atoms with E-state index < -0.39 is 0 Å². The van der Waals surface area contributed by atoms with Crippen LogP contribution in [-0.2, 0) is 12.4 Å². The highest BCUT2D eigenvalue weighted by Gasteiger charge is 2.11. The summed E-state index contributed by atoms with van der Waals surface area (Å²) >= 11 is 14.0. The summed E-state index contributed by atoms with van der Waals surface area (Å²) in [5.74, 6) is 1.75. The average molecular weight is 474 g/mol. The van der Waals surface area contributed by atoms with E-state index in [-0.39, 0.29) is 0 Å². The van der Waals surface area contributed by atoms with Crippen LogP contribution >= 0.6 is 35.0 Å². The van der Waals surface area contributed by atoms with Gasteiger partial charge >= 0.3 is 0 Å². The van der Waals surface area contributed by atoms with Crippen molar-refractivity contribution in [3.8, 4) is 11.5 Å². The molecule has 0 aromatic heterocycles. The third-order valence-electron chi connectivity index (χ3n) is 4.21. The van der Waals surface area contributed by atoms with Crippen LogP contribution < -0.4 is 15.2 Å². The van der Waals surface area contributed by atoms with Crippen molar-refractivity contribution in [1.82, 2.24) is 0 Å². The first kappa shape index (κ1) is 23.0. The second kappa shape index (κ2) is 11.6. The molecule has 0 unspecified atom stereocenters. The quantitative estimate of drug-likeness (QED) is 0.241. The Morgan fingerprint density at radius 3 is 2.48 bits per heavy atom. The van der Waals surface area contributed by atoms with Crippen molar-refractivity contribution >= 4 is 46.3 Å². The minimum absolute atomic E-state index is 0.291. The molecule has 0 radical (unpaired) electrons. The maximum absolute atomic E-state index is 6.39. The van der Waals surface area contributed by atoms with Gasteiger partial charge in [0.1, 0.15) is 6.61 Å². The molecule has 31 heavy (non-hydrogen) atoms. The van der Waals surface area contributed by atoms with Crippen LogP contribution in [0.3, 0.4) is 0 Å². The predicted molar refractivity (Wildman–Crippen MR) is 131 cm³/mol. The molecule has 2 N–H and O–H groups in total. The minimum atomic E-state index is 0.291. The molecule has 0 heterocycles. The van der Waals surface area contributed by atoms with Crippen LogP contribution in [0.2, 0.25) is 10.0 Å². The van der Waals surface area contributed by atoms with Gasteiger partial charge in [0.15, 0.2) is 16.7 Å². The Kier molecular flexibility index (Phi) is 8.64. The Labute approximate surface area is 195 Å². The first-order valence-electron chi connectivity index (χ1n) is 9.33. The summed E-state index contributed by atoms with van der Waals surface area (Å²) < 4.78 is 11.3. The average Bonchev–Trinajstić information content (AvgIpc) is 2.79. The van der Waals surface area contributed by atoms with E-state index in [4.69, 9.17) is 38.4 Å². The van der Waals surface area contributed by atoms with Gasteiger partial charge in [-0.05, 0) is 17.7 Å². The van der Waals surface area contributed by atoms with Crippen molar-refractivity contribution in [2.75, 3.05) is 7.11 Å². The Bertz CT molecular complexity index is 1080. The molecule has 0 bridgehead atoms. The third-order valence-corrected chi connectivity index (χ3v) is 5.76. The summed E-state index contributed by atoms with van der Waals surface area (Å²) in [6.45, 7) is 0.291. The van der Waals surface area contributed by atoms with Crippen LogP contribution in [0.25, 0.3) is 0 Å². The zero-order chi connectivity index (χ0) is 22.1. The van der Waals surface area contributed by atoms with Crippen molar-refractivity contribution in [2.45, 2.75) is 12.4 Å². The van der Waals surface area contributed by atoms with Crippen LogP contribution in [0.1, 0.15) is 16.7 Å². The standard InChI is InChI=1S/C23H21Cl2N3O2S/c1-29-21-11-18(13-27-28-23(26)31-15-16-7-3-2-4-8-16)20(25)12-22(21)30-14-17-9-5-6-10-19(17)24/h2-13H,14-15H2,1H3,(H2,26,28). The number of amidine groups is 1. The molecule has 0 aliphatic rings. The Morgan fingerprint density at radius 1 is 1.00 bits per heavy atom. The monoisotopic (exact) mass is 473 g/mol. The van der Waals surface area contributed by atoms with Gasteiger partial charge in [0.25, 0.3) is 0 Å². The Hall–Kier alpha value is -2.67. The van der Waals surface area contributed by atoms with Gasteiger partial charge in [-0.25, -0.2) is 0 Å². The molecule has 0 aliphatic carbocycles. The van der Waals surface area contributed by atoms with Crippen molar-refractivity contribution in [1.29, 1.82) is 0 Å². The number of methoxy groups -OCH3 is 1. The number of hydrogen-bond donors (Lipinski definition) is 1. The van der Waals surface area contributed by atoms with Crippen LogP contribution in [0.5, 0.6) is 11.5 Å². The van der Waals surface area contributed by atoms with Gasteiger partial charge in [0.05, 0.1) is 18.3 Å². The number of nitrogens with zero attached hydrogens (tertiary/aromatic N) is 2. The van der Waals surface area contributed by atoms with Gasteiger partial charge in [0, 0.05) is 28.0 Å². The van der Waals surface area contributed by atoms with Crippen molar-refractivity contribution < 1.29 is 9.47 Å². The molecule has 0 aliphatic heterocycles. The van der Waals surface area contributed by atoms with E-state index in [1.165, 1.54) is 18.0 Å². The van der Waals surface area contributed by atoms with E-state index in [2.05, 4.69) is 10.2 Å². The lowest BCUT2D eigenvalue weighted by molar-refractivity contribution is 0.284. The van der Waals surface area contributed by atoms with Gasteiger partial charge in [-0.2, -0.15) is 5.10 Å². The van der Waals surface area contributed by atoms with E-state index in [9.17, 15) is 0 Å². The van der Waals surface area contributed by atoms with Gasteiger partial charge in [-0.1, -0.05) is 83.5 Å². The van der Waals surface area contributed by atoms with Crippen LogP contribution in [0.4, 0.5) is 0 Å². The summed E-state index contributed by atoms with van der Waals surface area (Å²) in [4.78, 5) is 0. The number of hydrogen-bond acceptors (Lipinski definition) is 5. The molecule has 0 spiro atoms. The number of ether oxygens (including phenoxy) is 2. The van der Waals surface area contributed by atoms with Crippen molar-refractivity contribution in [3.63, 3.8) is 0 Å². The first-order valence-corrected chi connectivity index (χ1v) is 11.1. The fourth-order valence-corrected chi connectivity index (χ4v) is 3.61. The largest absolute Gasteiger partial charge is 0.493 e. The molecular weight excluding hydrogens is 453 g/mol. The van der Waals surface area contributed by atoms with E-state index in [0.29, 0.717) is 38.9 Å². The van der Waals surface area contributed by atoms with E-state index in [1.807, 2.05) is 54.6 Å². The molecule has 160 valence electrons. The molecule has 3 aromatic rings. The smallest absolute Gasteiger partial charge is 0.180 e.